The summed E-state index contributed by atoms with van der Waals surface area (Å²) in [5.41, 5.74) is 10.7. The number of rotatable bonds is 10. The average molecular weight is 606 g/mol. The van der Waals surface area contributed by atoms with E-state index in [9.17, 15) is 14.4 Å². The second-order valence-corrected chi connectivity index (χ2v) is 11.0. The van der Waals surface area contributed by atoms with Crippen LogP contribution in [0.25, 0.3) is 10.8 Å². The number of pyridine rings is 1. The highest BCUT2D eigenvalue weighted by atomic mass is 79.9. The van der Waals surface area contributed by atoms with Gasteiger partial charge in [-0.2, -0.15) is 0 Å². The second kappa shape index (κ2) is 12.4. The van der Waals surface area contributed by atoms with Crippen LogP contribution in [0.5, 0.6) is 0 Å². The third-order valence-electron chi connectivity index (χ3n) is 7.14. The van der Waals surface area contributed by atoms with Crippen molar-refractivity contribution in [2.45, 2.75) is 45.2 Å². The van der Waals surface area contributed by atoms with Crippen molar-refractivity contribution in [2.24, 2.45) is 0 Å². The Bertz CT molecular complexity index is 1620. The number of nitrogens with zero attached hydrogens (tertiary/aromatic N) is 1. The van der Waals surface area contributed by atoms with Crippen molar-refractivity contribution in [2.75, 3.05) is 18.1 Å². The lowest BCUT2D eigenvalue weighted by Gasteiger charge is -2.27. The number of hydrogen-bond donors (Lipinski definition) is 4. The van der Waals surface area contributed by atoms with Crippen LogP contribution in [0.2, 0.25) is 0 Å². The van der Waals surface area contributed by atoms with Crippen LogP contribution in [-0.4, -0.2) is 33.9 Å². The number of aromatic nitrogens is 1. The molecule has 0 aliphatic rings. The molecule has 0 bridgehead atoms. The summed E-state index contributed by atoms with van der Waals surface area (Å²) in [4.78, 5) is 41.8. The molecule has 1 amide bonds. The number of hydrogen-bond acceptors (Lipinski definition) is 5. The van der Waals surface area contributed by atoms with E-state index in [1.165, 1.54) is 0 Å². The lowest BCUT2D eigenvalue weighted by Crippen LogP contribution is -2.35. The Morgan fingerprint density at radius 1 is 1.10 bits per heavy atom. The van der Waals surface area contributed by atoms with Crippen molar-refractivity contribution in [1.82, 2.24) is 9.88 Å². The van der Waals surface area contributed by atoms with E-state index in [1.807, 2.05) is 62.4 Å². The monoisotopic (exact) mass is 604 g/mol. The molecular weight excluding hydrogens is 572 g/mol. The first-order chi connectivity index (χ1) is 19.0. The molecule has 0 saturated carbocycles. The van der Waals surface area contributed by atoms with E-state index in [1.54, 1.807) is 30.3 Å². The van der Waals surface area contributed by atoms with Crippen molar-refractivity contribution in [3.8, 4) is 0 Å². The first kappa shape index (κ1) is 28.9. The maximum Gasteiger partial charge on any atom is 0.303 e. The van der Waals surface area contributed by atoms with E-state index in [0.717, 1.165) is 32.1 Å². The van der Waals surface area contributed by atoms with Gasteiger partial charge >= 0.3 is 5.97 Å². The van der Waals surface area contributed by atoms with Gasteiger partial charge in [-0.15, -0.1) is 0 Å². The SMILES string of the molecule is Cc1cc(C(Nc2ccc3cc[nH]c(=O)c3c2)C(=O)N(C)Cc2cc(N)ccc2Br)ccc1[C@@H](C)CCC(=O)O. The van der Waals surface area contributed by atoms with Gasteiger partial charge in [0.05, 0.1) is 0 Å². The molecule has 0 spiro atoms. The molecule has 0 radical (unpaired) electrons. The second-order valence-electron chi connectivity index (χ2n) is 10.2. The van der Waals surface area contributed by atoms with Gasteiger partial charge in [0, 0.05) is 47.4 Å². The van der Waals surface area contributed by atoms with E-state index < -0.39 is 12.0 Å². The highest BCUT2D eigenvalue weighted by Gasteiger charge is 2.26. The van der Waals surface area contributed by atoms with Crippen LogP contribution in [0.1, 0.15) is 54.0 Å². The van der Waals surface area contributed by atoms with Crippen molar-refractivity contribution < 1.29 is 14.7 Å². The average Bonchev–Trinajstić information content (AvgIpc) is 2.92. The zero-order valence-electron chi connectivity index (χ0n) is 22.7. The van der Waals surface area contributed by atoms with Gasteiger partial charge in [-0.25, -0.2) is 0 Å². The molecule has 0 aliphatic carbocycles. The van der Waals surface area contributed by atoms with Crippen LogP contribution >= 0.6 is 15.9 Å². The Balaban J connectivity index is 1.69. The molecule has 5 N–H and O–H groups in total. The molecule has 4 aromatic rings. The van der Waals surface area contributed by atoms with Gasteiger partial charge in [-0.1, -0.05) is 47.1 Å². The number of anilines is 2. The minimum absolute atomic E-state index is 0.0584. The fourth-order valence-electron chi connectivity index (χ4n) is 4.92. The lowest BCUT2D eigenvalue weighted by atomic mass is 9.90. The number of carboxylic acids is 1. The molecule has 0 fully saturated rings. The number of fused-ring (bicyclic) bond motifs is 1. The number of nitrogens with one attached hydrogen (secondary N) is 2. The number of nitrogen functional groups attached to an aromatic ring is 1. The normalized spacial score (nSPS) is 12.6. The van der Waals surface area contributed by atoms with Crippen molar-refractivity contribution in [3.63, 3.8) is 0 Å². The number of aliphatic carboxylic acids is 1. The smallest absolute Gasteiger partial charge is 0.303 e. The Labute approximate surface area is 241 Å². The number of carbonyl (C=O) groups excluding carboxylic acids is 1. The van der Waals surface area contributed by atoms with E-state index in [4.69, 9.17) is 10.8 Å². The third-order valence-corrected chi connectivity index (χ3v) is 7.91. The molecule has 1 heterocycles. The molecule has 1 unspecified atom stereocenters. The summed E-state index contributed by atoms with van der Waals surface area (Å²) < 4.78 is 0.857. The molecule has 9 heteroatoms. The van der Waals surface area contributed by atoms with Crippen LogP contribution in [0, 0.1) is 6.92 Å². The number of carbonyl (C=O) groups is 2. The Morgan fingerprint density at radius 3 is 2.60 bits per heavy atom. The molecule has 0 aliphatic heterocycles. The summed E-state index contributed by atoms with van der Waals surface area (Å²) in [5, 5.41) is 13.8. The van der Waals surface area contributed by atoms with Crippen LogP contribution in [0.15, 0.2) is 76.1 Å². The topological polar surface area (TPSA) is 129 Å². The number of halogens is 1. The van der Waals surface area contributed by atoms with Gasteiger partial charge in [0.15, 0.2) is 0 Å². The van der Waals surface area contributed by atoms with Crippen LogP contribution in [0.3, 0.4) is 0 Å². The first-order valence-electron chi connectivity index (χ1n) is 13.0. The van der Waals surface area contributed by atoms with Gasteiger partial charge < -0.3 is 26.0 Å². The number of benzene rings is 3. The first-order valence-corrected chi connectivity index (χ1v) is 13.8. The fraction of sp³-hybridized carbons (Fsp3) is 0.258. The quantitative estimate of drug-likeness (QED) is 0.165. The minimum Gasteiger partial charge on any atom is -0.481 e. The largest absolute Gasteiger partial charge is 0.481 e. The van der Waals surface area contributed by atoms with Crippen LogP contribution in [-0.2, 0) is 16.1 Å². The van der Waals surface area contributed by atoms with Gasteiger partial charge in [0.2, 0.25) is 5.91 Å². The zero-order valence-corrected chi connectivity index (χ0v) is 24.3. The number of nitrogens with two attached hydrogens (primary N) is 1. The van der Waals surface area contributed by atoms with Crippen molar-refractivity contribution in [1.29, 1.82) is 0 Å². The number of likely N-dealkylation sites (N-methyl/N-ethyl adjacent to an activating group) is 1. The van der Waals surface area contributed by atoms with E-state index in [0.29, 0.717) is 29.7 Å². The van der Waals surface area contributed by atoms with Crippen LogP contribution < -0.4 is 16.6 Å². The van der Waals surface area contributed by atoms with Gasteiger partial charge in [0.1, 0.15) is 6.04 Å². The van der Waals surface area contributed by atoms with E-state index in [2.05, 4.69) is 26.2 Å². The zero-order chi connectivity index (χ0) is 29.0. The summed E-state index contributed by atoms with van der Waals surface area (Å²) in [7, 11) is 1.74. The summed E-state index contributed by atoms with van der Waals surface area (Å²) in [5.74, 6) is -0.925. The summed E-state index contributed by atoms with van der Waals surface area (Å²) in [6.45, 7) is 4.32. The fourth-order valence-corrected chi connectivity index (χ4v) is 5.30. The molecule has 4 rings (SSSR count). The molecule has 208 valence electrons. The molecule has 2 atom stereocenters. The maximum absolute atomic E-state index is 14.0. The summed E-state index contributed by atoms with van der Waals surface area (Å²) >= 11 is 3.55. The molecular formula is C31H33BrN4O4. The minimum atomic E-state index is -0.819. The van der Waals surface area contributed by atoms with Gasteiger partial charge in [0.25, 0.3) is 5.56 Å². The van der Waals surface area contributed by atoms with Crippen LogP contribution in [0.4, 0.5) is 11.4 Å². The van der Waals surface area contributed by atoms with Gasteiger partial charge in [-0.3, -0.25) is 14.4 Å². The summed E-state index contributed by atoms with van der Waals surface area (Å²) in [6, 6.07) is 17.9. The number of amides is 1. The molecule has 0 saturated heterocycles. The lowest BCUT2D eigenvalue weighted by molar-refractivity contribution is -0.137. The molecule has 8 nitrogen and oxygen atoms in total. The highest BCUT2D eigenvalue weighted by Crippen LogP contribution is 2.30. The number of carboxylic acid groups (broad SMARTS) is 1. The molecule has 3 aromatic carbocycles. The van der Waals surface area contributed by atoms with Crippen molar-refractivity contribution in [3.05, 3.63) is 104 Å². The predicted octanol–water partition coefficient (Wildman–Crippen LogP) is 5.96. The Morgan fingerprint density at radius 2 is 1.88 bits per heavy atom. The van der Waals surface area contributed by atoms with Crippen molar-refractivity contribution >= 4 is 50.0 Å². The standard InChI is InChI=1S/C31H33BrN4O4/c1-18(4-11-28(37)38)25-9-6-21(14-19(25)2)29(31(40)36(3)17-22-15-23(33)7-10-27(22)32)35-24-8-5-20-12-13-34-30(39)26(20)16-24/h5-10,12-16,18,29,35H,4,11,17,33H2,1-3H3,(H,34,39)(H,37,38)/t18-,29?/m0/s1. The molecule has 40 heavy (non-hydrogen) atoms. The summed E-state index contributed by atoms with van der Waals surface area (Å²) in [6.07, 6.45) is 2.23. The Hall–Kier alpha value is -4.11. The van der Waals surface area contributed by atoms with E-state index >= 15 is 0 Å². The van der Waals surface area contributed by atoms with Gasteiger partial charge in [-0.05, 0) is 83.3 Å². The highest BCUT2D eigenvalue weighted by molar-refractivity contribution is 9.10. The number of aryl methyl sites for hydroxylation is 1. The van der Waals surface area contributed by atoms with E-state index in [-0.39, 0.29) is 23.8 Å². The molecule has 1 aromatic heterocycles. The third kappa shape index (κ3) is 6.71. The Kier molecular flexibility index (Phi) is 8.94. The predicted molar refractivity (Wildman–Crippen MR) is 162 cm³/mol. The number of aromatic amines is 1. The number of H-pyrrole nitrogens is 1. The maximum atomic E-state index is 14.0.